The number of carbonyl (C=O) groups excluding carboxylic acids is 2. The van der Waals surface area contributed by atoms with Gasteiger partial charge in [0.15, 0.2) is 6.10 Å². The number of hydrogen-bond donors (Lipinski definition) is 0. The molecule has 0 radical (unpaired) electrons. The van der Waals surface area contributed by atoms with E-state index in [9.17, 15) is 22.6 Å². The third kappa shape index (κ3) is 3.28. The molecule has 0 aromatic heterocycles. The van der Waals surface area contributed by atoms with E-state index in [1.54, 1.807) is 0 Å². The molecule has 0 spiro atoms. The highest BCUT2D eigenvalue weighted by atomic mass is 35.5. The SMILES string of the molecule is O=C1CC(OS(=O)(=O)[O-])C(=O)N1c1cc(Cl)cc(Cl)c1. The summed E-state index contributed by atoms with van der Waals surface area (Å²) in [6.45, 7) is 0. The van der Waals surface area contributed by atoms with Gasteiger partial charge in [0.2, 0.25) is 16.3 Å². The maximum Gasteiger partial charge on any atom is 0.264 e. The van der Waals surface area contributed by atoms with Crippen LogP contribution >= 0.6 is 23.2 Å². The van der Waals surface area contributed by atoms with Crippen molar-refractivity contribution >= 4 is 51.1 Å². The summed E-state index contributed by atoms with van der Waals surface area (Å²) in [5.41, 5.74) is 0.0758. The highest BCUT2D eigenvalue weighted by Crippen LogP contribution is 2.30. The zero-order valence-corrected chi connectivity index (χ0v) is 11.9. The second-order valence-corrected chi connectivity index (χ2v) is 5.77. The average Bonchev–Trinajstić information content (AvgIpc) is 2.50. The van der Waals surface area contributed by atoms with Crippen molar-refractivity contribution in [2.45, 2.75) is 12.5 Å². The molecule has 0 N–H and O–H groups in total. The Labute approximate surface area is 124 Å². The molecular formula is C10H6Cl2NO6S-. The van der Waals surface area contributed by atoms with Crippen molar-refractivity contribution in [2.75, 3.05) is 4.90 Å². The highest BCUT2D eigenvalue weighted by Gasteiger charge is 2.41. The Morgan fingerprint density at radius 2 is 1.75 bits per heavy atom. The van der Waals surface area contributed by atoms with Crippen molar-refractivity contribution in [1.29, 1.82) is 0 Å². The highest BCUT2D eigenvalue weighted by molar-refractivity contribution is 7.80. The first-order valence-corrected chi connectivity index (χ1v) is 7.23. The van der Waals surface area contributed by atoms with Gasteiger partial charge in [-0.25, -0.2) is 13.3 Å². The van der Waals surface area contributed by atoms with Crippen molar-refractivity contribution in [2.24, 2.45) is 0 Å². The molecule has 1 heterocycles. The van der Waals surface area contributed by atoms with E-state index in [0.717, 1.165) is 0 Å². The van der Waals surface area contributed by atoms with E-state index in [1.807, 2.05) is 0 Å². The maximum atomic E-state index is 11.9. The first kappa shape index (κ1) is 15.2. The smallest absolute Gasteiger partial charge is 0.264 e. The number of halogens is 2. The van der Waals surface area contributed by atoms with Crippen LogP contribution in [0.25, 0.3) is 0 Å². The van der Waals surface area contributed by atoms with Crippen LogP contribution in [0.4, 0.5) is 5.69 Å². The Morgan fingerprint density at radius 1 is 1.20 bits per heavy atom. The standard InChI is InChI=1S/C10H7Cl2NO6S/c11-5-1-6(12)3-7(2-5)13-9(14)4-8(10(13)15)19-20(16,17)18/h1-3,8H,4H2,(H,16,17,18)/p-1. The van der Waals surface area contributed by atoms with Crippen molar-refractivity contribution in [3.63, 3.8) is 0 Å². The molecule has 20 heavy (non-hydrogen) atoms. The van der Waals surface area contributed by atoms with E-state index in [4.69, 9.17) is 23.2 Å². The summed E-state index contributed by atoms with van der Waals surface area (Å²) in [6, 6.07) is 4.00. The Kier molecular flexibility index (Phi) is 4.03. The van der Waals surface area contributed by atoms with Crippen LogP contribution in [0, 0.1) is 0 Å². The molecule has 1 saturated heterocycles. The number of rotatable bonds is 3. The first-order valence-electron chi connectivity index (χ1n) is 5.14. The molecule has 2 rings (SSSR count). The van der Waals surface area contributed by atoms with E-state index in [-0.39, 0.29) is 15.7 Å². The largest absolute Gasteiger partial charge is 0.726 e. The van der Waals surface area contributed by atoms with E-state index < -0.39 is 34.7 Å². The zero-order chi connectivity index (χ0) is 15.1. The summed E-state index contributed by atoms with van der Waals surface area (Å²) in [7, 11) is -5.09. The van der Waals surface area contributed by atoms with Crippen LogP contribution in [0.2, 0.25) is 10.0 Å². The van der Waals surface area contributed by atoms with Crippen LogP contribution in [0.1, 0.15) is 6.42 Å². The van der Waals surface area contributed by atoms with Crippen molar-refractivity contribution < 1.29 is 26.7 Å². The molecule has 0 saturated carbocycles. The summed E-state index contributed by atoms with van der Waals surface area (Å²) in [5, 5.41) is 0.378. The normalized spacial score (nSPS) is 19.8. The molecule has 1 fully saturated rings. The summed E-state index contributed by atoms with van der Waals surface area (Å²) >= 11 is 11.5. The van der Waals surface area contributed by atoms with Crippen LogP contribution < -0.4 is 4.90 Å². The van der Waals surface area contributed by atoms with Gasteiger partial charge in [0.1, 0.15) is 0 Å². The second-order valence-electron chi connectivity index (χ2n) is 3.89. The monoisotopic (exact) mass is 338 g/mol. The minimum Gasteiger partial charge on any atom is -0.726 e. The fraction of sp³-hybridized carbons (Fsp3) is 0.200. The predicted octanol–water partition coefficient (Wildman–Crippen LogP) is 1.10. The van der Waals surface area contributed by atoms with Crippen LogP contribution in [0.15, 0.2) is 18.2 Å². The second kappa shape index (κ2) is 5.30. The lowest BCUT2D eigenvalue weighted by atomic mass is 10.3. The molecule has 1 aromatic rings. The third-order valence-electron chi connectivity index (χ3n) is 2.44. The molecule has 7 nitrogen and oxygen atoms in total. The number of nitrogens with zero attached hydrogens (tertiary/aromatic N) is 1. The van der Waals surface area contributed by atoms with Gasteiger partial charge < -0.3 is 4.55 Å². The van der Waals surface area contributed by atoms with Crippen LogP contribution in [0.3, 0.4) is 0 Å². The average molecular weight is 339 g/mol. The lowest BCUT2D eigenvalue weighted by molar-refractivity contribution is -0.123. The molecule has 1 aromatic carbocycles. The van der Waals surface area contributed by atoms with Crippen molar-refractivity contribution in [1.82, 2.24) is 0 Å². The lowest BCUT2D eigenvalue weighted by Gasteiger charge is -2.16. The Balaban J connectivity index is 2.33. The van der Waals surface area contributed by atoms with Gasteiger partial charge in [-0.15, -0.1) is 0 Å². The van der Waals surface area contributed by atoms with E-state index in [0.29, 0.717) is 4.90 Å². The number of benzene rings is 1. The third-order valence-corrected chi connectivity index (χ3v) is 3.35. The number of carbonyl (C=O) groups is 2. The van der Waals surface area contributed by atoms with Crippen LogP contribution in [0.5, 0.6) is 0 Å². The van der Waals surface area contributed by atoms with Gasteiger partial charge in [-0.2, -0.15) is 0 Å². The van der Waals surface area contributed by atoms with Gasteiger partial charge in [0.05, 0.1) is 12.1 Å². The molecule has 0 bridgehead atoms. The van der Waals surface area contributed by atoms with Gasteiger partial charge in [-0.3, -0.25) is 13.8 Å². The predicted molar refractivity (Wildman–Crippen MR) is 68.1 cm³/mol. The molecule has 0 aliphatic carbocycles. The Morgan fingerprint density at radius 3 is 2.25 bits per heavy atom. The molecule has 1 atom stereocenters. The van der Waals surface area contributed by atoms with Crippen molar-refractivity contribution in [3.8, 4) is 0 Å². The lowest BCUT2D eigenvalue weighted by Crippen LogP contribution is -2.33. The molecule has 108 valence electrons. The summed E-state index contributed by atoms with van der Waals surface area (Å²) in [6.07, 6.45) is -2.22. The first-order chi connectivity index (χ1) is 9.17. The molecule has 1 unspecified atom stereocenters. The fourth-order valence-electron chi connectivity index (χ4n) is 1.76. The van der Waals surface area contributed by atoms with Crippen LogP contribution in [-0.2, 0) is 24.2 Å². The molecule has 1 aliphatic rings. The minimum atomic E-state index is -5.09. The Hall–Kier alpha value is -1.19. The number of imide groups is 1. The molecule has 2 amide bonds. The number of anilines is 1. The van der Waals surface area contributed by atoms with Crippen molar-refractivity contribution in [3.05, 3.63) is 28.2 Å². The Bertz CT molecular complexity index is 669. The number of hydrogen-bond acceptors (Lipinski definition) is 6. The zero-order valence-electron chi connectivity index (χ0n) is 9.58. The summed E-state index contributed by atoms with van der Waals surface area (Å²) in [5.74, 6) is -1.69. The van der Waals surface area contributed by atoms with E-state index in [1.165, 1.54) is 18.2 Å². The van der Waals surface area contributed by atoms with Crippen LogP contribution in [-0.4, -0.2) is 30.9 Å². The quantitative estimate of drug-likeness (QED) is 0.464. The topological polar surface area (TPSA) is 104 Å². The van der Waals surface area contributed by atoms with Gasteiger partial charge in [-0.05, 0) is 18.2 Å². The summed E-state index contributed by atoms with van der Waals surface area (Å²) < 4.78 is 35.5. The molecule has 1 aliphatic heterocycles. The molecule has 10 heteroatoms. The van der Waals surface area contributed by atoms with Gasteiger partial charge in [-0.1, -0.05) is 23.2 Å². The maximum absolute atomic E-state index is 11.9. The van der Waals surface area contributed by atoms with E-state index in [2.05, 4.69) is 4.18 Å². The number of amides is 2. The fourth-order valence-corrected chi connectivity index (χ4v) is 2.71. The van der Waals surface area contributed by atoms with Gasteiger partial charge in [0, 0.05) is 10.0 Å². The molecular weight excluding hydrogens is 333 g/mol. The minimum absolute atomic E-state index is 0.0758. The summed E-state index contributed by atoms with van der Waals surface area (Å²) in [4.78, 5) is 24.3. The van der Waals surface area contributed by atoms with Gasteiger partial charge >= 0.3 is 0 Å². The van der Waals surface area contributed by atoms with E-state index >= 15 is 0 Å². The van der Waals surface area contributed by atoms with Gasteiger partial charge in [0.25, 0.3) is 5.91 Å².